The van der Waals surface area contributed by atoms with Gasteiger partial charge >= 0.3 is 0 Å². The Balaban J connectivity index is 1.45. The van der Waals surface area contributed by atoms with Crippen molar-refractivity contribution in [3.63, 3.8) is 0 Å². The Morgan fingerprint density at radius 3 is 2.39 bits per heavy atom. The average molecular weight is 523 g/mol. The van der Waals surface area contributed by atoms with E-state index in [1.807, 2.05) is 0 Å². The molecule has 12 heteroatoms. The molecule has 0 aliphatic rings. The van der Waals surface area contributed by atoms with Crippen LogP contribution < -0.4 is 10.0 Å². The summed E-state index contributed by atoms with van der Waals surface area (Å²) in [4.78, 5) is 38.9. The van der Waals surface area contributed by atoms with E-state index in [4.69, 9.17) is 0 Å². The Hall–Kier alpha value is -4.42. The smallest absolute Gasteiger partial charge is 0.270 e. The lowest BCUT2D eigenvalue weighted by Gasteiger charge is -2.09. The van der Waals surface area contributed by atoms with Crippen LogP contribution in [0.25, 0.3) is 11.3 Å². The molecule has 1 aromatic heterocycles. The van der Waals surface area contributed by atoms with Gasteiger partial charge in [-0.2, -0.15) is 0 Å². The number of rotatable bonds is 8. The van der Waals surface area contributed by atoms with Crippen molar-refractivity contribution in [2.45, 2.75) is 11.8 Å². The van der Waals surface area contributed by atoms with Crippen molar-refractivity contribution in [2.75, 3.05) is 10.0 Å². The number of sulfonamides is 1. The lowest BCUT2D eigenvalue weighted by Crippen LogP contribution is -2.15. The number of anilines is 2. The van der Waals surface area contributed by atoms with E-state index in [1.54, 1.807) is 29.6 Å². The van der Waals surface area contributed by atoms with Gasteiger partial charge in [-0.05, 0) is 43.3 Å². The van der Waals surface area contributed by atoms with E-state index in [0.717, 1.165) is 11.3 Å². The second kappa shape index (κ2) is 10.1. The van der Waals surface area contributed by atoms with Gasteiger partial charge in [0.1, 0.15) is 0 Å². The molecular formula is C24H18N4O6S2. The monoisotopic (exact) mass is 522 g/mol. The van der Waals surface area contributed by atoms with E-state index in [2.05, 4.69) is 15.0 Å². The topological polar surface area (TPSA) is 148 Å². The van der Waals surface area contributed by atoms with Gasteiger partial charge in [0, 0.05) is 39.9 Å². The number of carbonyl (C=O) groups is 2. The summed E-state index contributed by atoms with van der Waals surface area (Å²) in [6, 6.07) is 17.5. The maximum absolute atomic E-state index is 12.7. The first-order chi connectivity index (χ1) is 17.1. The summed E-state index contributed by atoms with van der Waals surface area (Å²) >= 11 is 1.15. The molecule has 0 aliphatic heterocycles. The van der Waals surface area contributed by atoms with Gasteiger partial charge in [-0.3, -0.25) is 29.7 Å². The number of Topliss-reactive ketones (excluding diaryl/α,β-unsaturated/α-hetero) is 1. The maximum Gasteiger partial charge on any atom is 0.270 e. The highest BCUT2D eigenvalue weighted by Crippen LogP contribution is 2.28. The van der Waals surface area contributed by atoms with Crippen molar-refractivity contribution in [3.8, 4) is 11.3 Å². The molecule has 0 fully saturated rings. The SMILES string of the molecule is CC(=O)c1cccc(NS(=O)(=O)c2ccc(C(=O)Nc3nc(-c4cccc([N+](=O)[O-])c4)cs3)cc2)c1. The summed E-state index contributed by atoms with van der Waals surface area (Å²) in [5, 5.41) is 15.6. The number of hydrogen-bond acceptors (Lipinski definition) is 8. The van der Waals surface area contributed by atoms with Gasteiger partial charge < -0.3 is 0 Å². The Bertz CT molecular complexity index is 1580. The van der Waals surface area contributed by atoms with Gasteiger partial charge in [-0.25, -0.2) is 13.4 Å². The second-order valence-electron chi connectivity index (χ2n) is 7.57. The molecule has 4 aromatic rings. The quantitative estimate of drug-likeness (QED) is 0.188. The van der Waals surface area contributed by atoms with Crippen LogP contribution in [-0.2, 0) is 10.0 Å². The third-order valence-electron chi connectivity index (χ3n) is 5.03. The molecule has 36 heavy (non-hydrogen) atoms. The zero-order valence-corrected chi connectivity index (χ0v) is 20.3. The van der Waals surface area contributed by atoms with Crippen LogP contribution >= 0.6 is 11.3 Å². The molecule has 0 aliphatic carbocycles. The summed E-state index contributed by atoms with van der Waals surface area (Å²) in [6.45, 7) is 1.39. The molecule has 0 unspecified atom stereocenters. The predicted molar refractivity (Wildman–Crippen MR) is 136 cm³/mol. The number of nitro benzene ring substituents is 1. The number of carbonyl (C=O) groups excluding carboxylic acids is 2. The van der Waals surface area contributed by atoms with Crippen LogP contribution in [0.2, 0.25) is 0 Å². The number of nitrogens with zero attached hydrogens (tertiary/aromatic N) is 2. The normalized spacial score (nSPS) is 11.0. The lowest BCUT2D eigenvalue weighted by atomic mass is 10.1. The number of benzene rings is 3. The average Bonchev–Trinajstić information content (AvgIpc) is 3.32. The highest BCUT2D eigenvalue weighted by Gasteiger charge is 2.17. The number of nitrogens with one attached hydrogen (secondary N) is 2. The van der Waals surface area contributed by atoms with E-state index in [9.17, 15) is 28.1 Å². The third-order valence-corrected chi connectivity index (χ3v) is 7.18. The summed E-state index contributed by atoms with van der Waals surface area (Å²) < 4.78 is 27.8. The Labute approximate surface area is 209 Å². The van der Waals surface area contributed by atoms with Crippen LogP contribution in [0, 0.1) is 10.1 Å². The van der Waals surface area contributed by atoms with E-state index in [-0.39, 0.29) is 32.7 Å². The van der Waals surface area contributed by atoms with Crippen molar-refractivity contribution in [2.24, 2.45) is 0 Å². The van der Waals surface area contributed by atoms with Gasteiger partial charge in [0.2, 0.25) is 0 Å². The van der Waals surface area contributed by atoms with Crippen LogP contribution in [0.1, 0.15) is 27.6 Å². The van der Waals surface area contributed by atoms with Crippen molar-refractivity contribution in [3.05, 3.63) is 99.4 Å². The molecule has 10 nitrogen and oxygen atoms in total. The molecule has 0 radical (unpaired) electrons. The molecule has 0 saturated heterocycles. The number of hydrogen-bond donors (Lipinski definition) is 2. The number of nitro groups is 1. The van der Waals surface area contributed by atoms with Gasteiger partial charge in [0.05, 0.1) is 15.5 Å². The van der Waals surface area contributed by atoms with Crippen LogP contribution in [0.5, 0.6) is 0 Å². The number of aromatic nitrogens is 1. The molecule has 0 saturated carbocycles. The number of non-ortho nitro benzene ring substituents is 1. The zero-order chi connectivity index (χ0) is 25.9. The van der Waals surface area contributed by atoms with Crippen molar-refractivity contribution in [1.82, 2.24) is 4.98 Å². The fraction of sp³-hybridized carbons (Fsp3) is 0.0417. The minimum absolute atomic E-state index is 0.0607. The van der Waals surface area contributed by atoms with E-state index in [0.29, 0.717) is 16.8 Å². The van der Waals surface area contributed by atoms with Gasteiger partial charge in [-0.1, -0.05) is 24.3 Å². The van der Waals surface area contributed by atoms with Crippen molar-refractivity contribution >= 4 is 49.6 Å². The fourth-order valence-corrected chi connectivity index (χ4v) is 4.98. The first-order valence-electron chi connectivity index (χ1n) is 10.4. The molecule has 3 aromatic carbocycles. The number of amides is 1. The highest BCUT2D eigenvalue weighted by atomic mass is 32.2. The largest absolute Gasteiger partial charge is 0.298 e. The maximum atomic E-state index is 12.7. The molecule has 4 rings (SSSR count). The zero-order valence-electron chi connectivity index (χ0n) is 18.7. The molecular weight excluding hydrogens is 504 g/mol. The first kappa shape index (κ1) is 24.7. The van der Waals surface area contributed by atoms with E-state index in [1.165, 1.54) is 55.5 Å². The second-order valence-corrected chi connectivity index (χ2v) is 10.1. The van der Waals surface area contributed by atoms with Gasteiger partial charge in [-0.15, -0.1) is 11.3 Å². The first-order valence-corrected chi connectivity index (χ1v) is 12.7. The van der Waals surface area contributed by atoms with Crippen LogP contribution in [-0.4, -0.2) is 30.0 Å². The molecule has 182 valence electrons. The fourth-order valence-electron chi connectivity index (χ4n) is 3.21. The lowest BCUT2D eigenvalue weighted by molar-refractivity contribution is -0.384. The van der Waals surface area contributed by atoms with E-state index < -0.39 is 20.9 Å². The number of thiazole rings is 1. The molecule has 0 atom stereocenters. The summed E-state index contributed by atoms with van der Waals surface area (Å²) in [5.74, 6) is -0.690. The summed E-state index contributed by atoms with van der Waals surface area (Å²) in [6.07, 6.45) is 0. The van der Waals surface area contributed by atoms with Gasteiger partial charge in [0.25, 0.3) is 21.6 Å². The predicted octanol–water partition coefficient (Wildman–Crippen LogP) is 4.97. The third kappa shape index (κ3) is 5.62. The Morgan fingerprint density at radius 2 is 1.69 bits per heavy atom. The molecule has 1 amide bonds. The summed E-state index contributed by atoms with van der Waals surface area (Å²) in [5.41, 5.74) is 1.77. The molecule has 0 spiro atoms. The minimum atomic E-state index is -3.95. The van der Waals surface area contributed by atoms with Crippen LogP contribution in [0.4, 0.5) is 16.5 Å². The van der Waals surface area contributed by atoms with Crippen molar-refractivity contribution in [1.29, 1.82) is 0 Å². The molecule has 1 heterocycles. The van der Waals surface area contributed by atoms with Crippen molar-refractivity contribution < 1.29 is 22.9 Å². The summed E-state index contributed by atoms with van der Waals surface area (Å²) in [7, 11) is -3.95. The van der Waals surface area contributed by atoms with Crippen LogP contribution in [0.3, 0.4) is 0 Å². The molecule has 2 N–H and O–H groups in total. The van der Waals surface area contributed by atoms with Crippen LogP contribution in [0.15, 0.2) is 83.1 Å². The standard InChI is InChI=1S/C24H18N4O6S2/c1-15(29)17-4-2-6-19(12-17)27-36(33,34)21-10-8-16(9-11-21)23(30)26-24-25-22(14-35-24)18-5-3-7-20(13-18)28(31)32/h2-14,27H,1H3,(H,25,26,30). The minimum Gasteiger partial charge on any atom is -0.298 e. The van der Waals surface area contributed by atoms with Gasteiger partial charge in [0.15, 0.2) is 10.9 Å². The Kier molecular flexibility index (Phi) is 6.90. The number of ketones is 1. The highest BCUT2D eigenvalue weighted by molar-refractivity contribution is 7.92. The Morgan fingerprint density at radius 1 is 0.972 bits per heavy atom. The van der Waals surface area contributed by atoms with E-state index >= 15 is 0 Å². The molecule has 0 bridgehead atoms.